The highest BCUT2D eigenvalue weighted by molar-refractivity contribution is 7.89. The summed E-state index contributed by atoms with van der Waals surface area (Å²) >= 11 is 6.24. The van der Waals surface area contributed by atoms with Crippen LogP contribution in [0, 0.1) is 0 Å². The lowest BCUT2D eigenvalue weighted by molar-refractivity contribution is -0.126. The fourth-order valence-corrected chi connectivity index (χ4v) is 4.91. The number of sulfonamides is 1. The van der Waals surface area contributed by atoms with Crippen LogP contribution in [0.25, 0.3) is 6.08 Å². The van der Waals surface area contributed by atoms with Crippen molar-refractivity contribution in [1.82, 2.24) is 9.62 Å². The van der Waals surface area contributed by atoms with E-state index in [1.54, 1.807) is 23.1 Å². The van der Waals surface area contributed by atoms with Crippen LogP contribution in [0.2, 0.25) is 5.02 Å². The highest BCUT2D eigenvalue weighted by Gasteiger charge is 2.24. The summed E-state index contributed by atoms with van der Waals surface area (Å²) in [5.74, 6) is 0.993. The Bertz CT molecular complexity index is 834. The molecule has 1 aromatic carbocycles. The van der Waals surface area contributed by atoms with E-state index in [-0.39, 0.29) is 17.7 Å². The van der Waals surface area contributed by atoms with Crippen LogP contribution in [0.1, 0.15) is 38.7 Å². The van der Waals surface area contributed by atoms with Gasteiger partial charge in [-0.3, -0.25) is 4.79 Å². The lowest BCUT2D eigenvalue weighted by Gasteiger charge is -2.31. The Labute approximate surface area is 178 Å². The predicted molar refractivity (Wildman–Crippen MR) is 115 cm³/mol. The number of carbonyl (C=O) groups excluding carboxylic acids is 1. The molecular formula is C20H29ClN2O5S. The van der Waals surface area contributed by atoms with Crippen molar-refractivity contribution in [3.05, 3.63) is 28.8 Å². The van der Waals surface area contributed by atoms with E-state index in [4.69, 9.17) is 21.1 Å². The van der Waals surface area contributed by atoms with Gasteiger partial charge in [0.05, 0.1) is 24.5 Å². The van der Waals surface area contributed by atoms with Crippen molar-refractivity contribution < 1.29 is 22.7 Å². The Kier molecular flexibility index (Phi) is 8.79. The van der Waals surface area contributed by atoms with Gasteiger partial charge in [0.15, 0.2) is 11.5 Å². The van der Waals surface area contributed by atoms with Crippen molar-refractivity contribution in [2.24, 2.45) is 0 Å². The molecule has 0 radical (unpaired) electrons. The van der Waals surface area contributed by atoms with Crippen molar-refractivity contribution in [3.63, 3.8) is 0 Å². The van der Waals surface area contributed by atoms with Crippen LogP contribution in [-0.2, 0) is 14.8 Å². The summed E-state index contributed by atoms with van der Waals surface area (Å²) in [7, 11) is -1.71. The smallest absolute Gasteiger partial charge is 0.246 e. The fraction of sp³-hybridized carbons (Fsp3) is 0.550. The number of nitrogens with one attached hydrogen (secondary N) is 1. The largest absolute Gasteiger partial charge is 0.491 e. The predicted octanol–water partition coefficient (Wildman–Crippen LogP) is 3.08. The van der Waals surface area contributed by atoms with Gasteiger partial charge in [0.2, 0.25) is 15.9 Å². The number of ether oxygens (including phenoxy) is 2. The zero-order chi connectivity index (χ0) is 21.4. The number of methoxy groups -OCH3 is 1. The molecule has 0 saturated carbocycles. The first-order chi connectivity index (χ1) is 13.8. The molecule has 0 atom stereocenters. The molecule has 9 heteroatoms. The number of amides is 1. The van der Waals surface area contributed by atoms with E-state index < -0.39 is 10.0 Å². The minimum absolute atomic E-state index is 0.117. The van der Waals surface area contributed by atoms with Gasteiger partial charge in [-0.05, 0) is 50.0 Å². The highest BCUT2D eigenvalue weighted by Crippen LogP contribution is 2.36. The number of piperidine rings is 1. The second-order valence-electron chi connectivity index (χ2n) is 6.84. The number of rotatable bonds is 9. The maximum atomic E-state index is 12.5. The van der Waals surface area contributed by atoms with Crippen LogP contribution in [0.4, 0.5) is 0 Å². The van der Waals surface area contributed by atoms with Gasteiger partial charge in [-0.25, -0.2) is 13.1 Å². The number of nitrogens with zero attached hydrogens (tertiary/aromatic N) is 1. The fourth-order valence-electron chi connectivity index (χ4n) is 3.22. The lowest BCUT2D eigenvalue weighted by Crippen LogP contribution is -2.46. The number of carbonyl (C=O) groups is 1. The molecule has 1 aromatic rings. The average Bonchev–Trinajstić information content (AvgIpc) is 2.66. The molecule has 1 N–H and O–H groups in total. The molecule has 0 bridgehead atoms. The van der Waals surface area contributed by atoms with Gasteiger partial charge in [-0.1, -0.05) is 18.5 Å². The van der Waals surface area contributed by atoms with Crippen LogP contribution in [0.5, 0.6) is 11.5 Å². The zero-order valence-electron chi connectivity index (χ0n) is 17.1. The summed E-state index contributed by atoms with van der Waals surface area (Å²) in [6.07, 6.45) is 4.97. The number of halogens is 1. The van der Waals surface area contributed by atoms with E-state index in [1.165, 1.54) is 13.2 Å². The molecule has 1 aliphatic heterocycles. The molecule has 1 heterocycles. The Balaban J connectivity index is 1.97. The Morgan fingerprint density at radius 1 is 1.31 bits per heavy atom. The topological polar surface area (TPSA) is 84.9 Å². The molecule has 2 rings (SSSR count). The van der Waals surface area contributed by atoms with Crippen molar-refractivity contribution in [2.75, 3.05) is 32.6 Å². The number of hydrogen-bond donors (Lipinski definition) is 1. The third-order valence-corrected chi connectivity index (χ3v) is 6.50. The van der Waals surface area contributed by atoms with Crippen LogP contribution < -0.4 is 14.2 Å². The normalized spacial score (nSPS) is 15.7. The van der Waals surface area contributed by atoms with E-state index in [9.17, 15) is 13.2 Å². The molecule has 0 unspecified atom stereocenters. The molecule has 0 aromatic heterocycles. The van der Waals surface area contributed by atoms with Crippen molar-refractivity contribution in [3.8, 4) is 11.5 Å². The summed E-state index contributed by atoms with van der Waals surface area (Å²) in [6, 6.07) is 3.36. The van der Waals surface area contributed by atoms with E-state index in [0.29, 0.717) is 55.5 Å². The molecule has 1 saturated heterocycles. The monoisotopic (exact) mass is 444 g/mol. The molecule has 162 valence electrons. The molecule has 7 nitrogen and oxygen atoms in total. The Morgan fingerprint density at radius 2 is 2.00 bits per heavy atom. The molecule has 0 aliphatic carbocycles. The van der Waals surface area contributed by atoms with Crippen molar-refractivity contribution in [2.45, 2.75) is 39.2 Å². The van der Waals surface area contributed by atoms with Gasteiger partial charge in [0, 0.05) is 25.2 Å². The Morgan fingerprint density at radius 3 is 2.59 bits per heavy atom. The number of benzene rings is 1. The van der Waals surface area contributed by atoms with Gasteiger partial charge < -0.3 is 14.4 Å². The maximum absolute atomic E-state index is 12.5. The SMILES string of the molecule is CCCS(=O)(=O)NC1CCN(C(=O)/C=C/c2cc(Cl)c(OC)c(OCC)c2)CC1. The quantitative estimate of drug-likeness (QED) is 0.591. The summed E-state index contributed by atoms with van der Waals surface area (Å²) in [4.78, 5) is 14.2. The van der Waals surface area contributed by atoms with Gasteiger partial charge in [0.25, 0.3) is 0 Å². The van der Waals surface area contributed by atoms with Gasteiger partial charge >= 0.3 is 0 Å². The zero-order valence-corrected chi connectivity index (χ0v) is 18.7. The second-order valence-corrected chi connectivity index (χ2v) is 9.12. The maximum Gasteiger partial charge on any atom is 0.246 e. The first-order valence-electron chi connectivity index (χ1n) is 9.77. The summed E-state index contributed by atoms with van der Waals surface area (Å²) in [5, 5.41) is 0.408. The van der Waals surface area contributed by atoms with Crippen molar-refractivity contribution >= 4 is 33.6 Å². The standard InChI is InChI=1S/C20H29ClN2O5S/c1-4-12-29(25,26)22-16-8-10-23(11-9-16)19(24)7-6-15-13-17(21)20(27-3)18(14-15)28-5-2/h6-7,13-14,16,22H,4-5,8-12H2,1-3H3/b7-6+. The lowest BCUT2D eigenvalue weighted by atomic mass is 10.1. The minimum Gasteiger partial charge on any atom is -0.491 e. The summed E-state index contributed by atoms with van der Waals surface area (Å²) < 4.78 is 37.3. The van der Waals surface area contributed by atoms with Crippen LogP contribution >= 0.6 is 11.6 Å². The highest BCUT2D eigenvalue weighted by atomic mass is 35.5. The number of likely N-dealkylation sites (tertiary alicyclic amines) is 1. The van der Waals surface area contributed by atoms with Crippen LogP contribution in [0.15, 0.2) is 18.2 Å². The average molecular weight is 445 g/mol. The van der Waals surface area contributed by atoms with Gasteiger partial charge in [-0.2, -0.15) is 0 Å². The van der Waals surface area contributed by atoms with Gasteiger partial charge in [0.1, 0.15) is 0 Å². The summed E-state index contributed by atoms with van der Waals surface area (Å²) in [5.41, 5.74) is 0.731. The van der Waals surface area contributed by atoms with E-state index in [0.717, 1.165) is 5.56 Å². The minimum atomic E-state index is -3.24. The second kappa shape index (κ2) is 10.8. The van der Waals surface area contributed by atoms with E-state index in [2.05, 4.69) is 4.72 Å². The molecule has 1 aliphatic rings. The Hall–Kier alpha value is -1.77. The van der Waals surface area contributed by atoms with Crippen molar-refractivity contribution in [1.29, 1.82) is 0 Å². The van der Waals surface area contributed by atoms with E-state index >= 15 is 0 Å². The van der Waals surface area contributed by atoms with Crippen LogP contribution in [0.3, 0.4) is 0 Å². The molecule has 0 spiro atoms. The third-order valence-electron chi connectivity index (χ3n) is 4.58. The molecule has 1 fully saturated rings. The summed E-state index contributed by atoms with van der Waals surface area (Å²) in [6.45, 7) is 5.19. The number of hydrogen-bond acceptors (Lipinski definition) is 5. The van der Waals surface area contributed by atoms with Crippen LogP contribution in [-0.4, -0.2) is 57.8 Å². The first kappa shape index (κ1) is 23.5. The van der Waals surface area contributed by atoms with Gasteiger partial charge in [-0.15, -0.1) is 0 Å². The first-order valence-corrected chi connectivity index (χ1v) is 11.8. The molecule has 29 heavy (non-hydrogen) atoms. The molecule has 1 amide bonds. The third kappa shape index (κ3) is 6.90. The van der Waals surface area contributed by atoms with E-state index in [1.807, 2.05) is 13.8 Å². The molecular weight excluding hydrogens is 416 g/mol.